The highest BCUT2D eigenvalue weighted by Gasteiger charge is 2.33. The number of amides is 1. The number of carbonyl (C=O) groups excluding carboxylic acids is 1. The minimum absolute atomic E-state index is 0.00821. The van der Waals surface area contributed by atoms with E-state index in [1.807, 2.05) is 18.0 Å². The van der Waals surface area contributed by atoms with Crippen LogP contribution in [0.15, 0.2) is 22.9 Å². The maximum atomic E-state index is 12.6. The Morgan fingerprint density at radius 3 is 3.10 bits per heavy atom. The molecule has 1 atom stereocenters. The lowest BCUT2D eigenvalue weighted by Crippen LogP contribution is -2.31. The molecule has 0 spiro atoms. The molecule has 0 radical (unpaired) electrons. The first-order valence-corrected chi connectivity index (χ1v) is 7.45. The molecule has 2 aromatic rings. The number of carbonyl (C=O) groups is 1. The SMILES string of the molecule is CCCc1cc(C2CCCN2C(=O)c2ccn(C)n2)no1. The molecule has 6 nitrogen and oxygen atoms in total. The summed E-state index contributed by atoms with van der Waals surface area (Å²) in [6.45, 7) is 2.85. The summed E-state index contributed by atoms with van der Waals surface area (Å²) in [7, 11) is 1.81. The molecule has 1 fully saturated rings. The molecule has 3 rings (SSSR count). The minimum atomic E-state index is -0.0295. The highest BCUT2D eigenvalue weighted by molar-refractivity contribution is 5.92. The minimum Gasteiger partial charge on any atom is -0.361 e. The van der Waals surface area contributed by atoms with Crippen LogP contribution in [-0.4, -0.2) is 32.3 Å². The number of likely N-dealkylation sites (tertiary alicyclic amines) is 1. The molecule has 1 amide bonds. The summed E-state index contributed by atoms with van der Waals surface area (Å²) in [5.74, 6) is 0.864. The van der Waals surface area contributed by atoms with Crippen molar-refractivity contribution >= 4 is 5.91 Å². The Morgan fingerprint density at radius 2 is 2.38 bits per heavy atom. The van der Waals surface area contributed by atoms with Crippen LogP contribution in [0.4, 0.5) is 0 Å². The lowest BCUT2D eigenvalue weighted by atomic mass is 10.1. The predicted octanol–water partition coefficient (Wildman–Crippen LogP) is 2.34. The Balaban J connectivity index is 1.79. The molecule has 1 saturated heterocycles. The van der Waals surface area contributed by atoms with Gasteiger partial charge in [0.15, 0.2) is 0 Å². The van der Waals surface area contributed by atoms with Gasteiger partial charge in [-0.05, 0) is 25.3 Å². The van der Waals surface area contributed by atoms with Gasteiger partial charge in [-0.25, -0.2) is 0 Å². The zero-order chi connectivity index (χ0) is 14.8. The van der Waals surface area contributed by atoms with Crippen LogP contribution in [0.2, 0.25) is 0 Å². The maximum Gasteiger partial charge on any atom is 0.274 e. The first-order chi connectivity index (χ1) is 10.2. The highest BCUT2D eigenvalue weighted by Crippen LogP contribution is 2.32. The van der Waals surface area contributed by atoms with Gasteiger partial charge in [0.05, 0.1) is 6.04 Å². The molecule has 0 N–H and O–H groups in total. The lowest BCUT2D eigenvalue weighted by molar-refractivity contribution is 0.0724. The Labute approximate surface area is 123 Å². The van der Waals surface area contributed by atoms with E-state index in [9.17, 15) is 4.79 Å². The molecule has 6 heteroatoms. The van der Waals surface area contributed by atoms with Gasteiger partial charge in [-0.3, -0.25) is 9.48 Å². The number of aryl methyl sites for hydroxylation is 2. The fourth-order valence-corrected chi connectivity index (χ4v) is 2.84. The normalized spacial score (nSPS) is 18.4. The van der Waals surface area contributed by atoms with Crippen molar-refractivity contribution in [3.8, 4) is 0 Å². The largest absolute Gasteiger partial charge is 0.361 e. The fourth-order valence-electron chi connectivity index (χ4n) is 2.84. The molecule has 112 valence electrons. The zero-order valence-electron chi connectivity index (χ0n) is 12.5. The molecule has 0 bridgehead atoms. The monoisotopic (exact) mass is 288 g/mol. The topological polar surface area (TPSA) is 64.2 Å². The van der Waals surface area contributed by atoms with Crippen LogP contribution in [0.5, 0.6) is 0 Å². The van der Waals surface area contributed by atoms with Gasteiger partial charge < -0.3 is 9.42 Å². The number of hydrogen-bond acceptors (Lipinski definition) is 4. The lowest BCUT2D eigenvalue weighted by Gasteiger charge is -2.21. The van der Waals surface area contributed by atoms with Crippen LogP contribution in [0, 0.1) is 0 Å². The summed E-state index contributed by atoms with van der Waals surface area (Å²) < 4.78 is 6.99. The summed E-state index contributed by atoms with van der Waals surface area (Å²) >= 11 is 0. The van der Waals surface area contributed by atoms with Gasteiger partial charge >= 0.3 is 0 Å². The van der Waals surface area contributed by atoms with Crippen LogP contribution in [-0.2, 0) is 13.5 Å². The molecule has 1 aliphatic rings. The van der Waals surface area contributed by atoms with Crippen molar-refractivity contribution in [3.63, 3.8) is 0 Å². The summed E-state index contributed by atoms with van der Waals surface area (Å²) in [6, 6.07) is 3.75. The molecule has 0 aliphatic carbocycles. The van der Waals surface area contributed by atoms with E-state index in [0.717, 1.165) is 43.7 Å². The van der Waals surface area contributed by atoms with E-state index in [-0.39, 0.29) is 11.9 Å². The van der Waals surface area contributed by atoms with Gasteiger partial charge in [0.25, 0.3) is 5.91 Å². The number of rotatable bonds is 4. The number of aromatic nitrogens is 3. The summed E-state index contributed by atoms with van der Waals surface area (Å²) in [5.41, 5.74) is 1.35. The van der Waals surface area contributed by atoms with Gasteiger partial charge in [-0.15, -0.1) is 0 Å². The second kappa shape index (κ2) is 5.71. The van der Waals surface area contributed by atoms with E-state index in [0.29, 0.717) is 5.69 Å². The van der Waals surface area contributed by atoms with Crippen molar-refractivity contribution in [2.24, 2.45) is 7.05 Å². The van der Waals surface area contributed by atoms with Gasteiger partial charge in [0, 0.05) is 32.3 Å². The second-order valence-corrected chi connectivity index (χ2v) is 5.50. The van der Waals surface area contributed by atoms with Gasteiger partial charge in [-0.2, -0.15) is 5.10 Å². The van der Waals surface area contributed by atoms with Crippen molar-refractivity contribution in [1.29, 1.82) is 0 Å². The van der Waals surface area contributed by atoms with Crippen LogP contribution >= 0.6 is 0 Å². The predicted molar refractivity (Wildman–Crippen MR) is 76.7 cm³/mol. The van der Waals surface area contributed by atoms with Gasteiger partial charge in [0.1, 0.15) is 17.1 Å². The molecule has 2 aromatic heterocycles. The molecule has 0 saturated carbocycles. The summed E-state index contributed by atoms with van der Waals surface area (Å²) in [4.78, 5) is 14.4. The fraction of sp³-hybridized carbons (Fsp3) is 0.533. The summed E-state index contributed by atoms with van der Waals surface area (Å²) in [6.07, 6.45) is 5.60. The van der Waals surface area contributed by atoms with E-state index in [1.165, 1.54) is 0 Å². The Hall–Kier alpha value is -2.11. The van der Waals surface area contributed by atoms with Crippen molar-refractivity contribution < 1.29 is 9.32 Å². The van der Waals surface area contributed by atoms with E-state index < -0.39 is 0 Å². The average molecular weight is 288 g/mol. The standard InChI is InChI=1S/C15H20N4O2/c1-3-5-11-10-13(17-21-11)14-6-4-8-19(14)15(20)12-7-9-18(2)16-12/h7,9-10,14H,3-6,8H2,1-2H3. The molecule has 21 heavy (non-hydrogen) atoms. The third-order valence-electron chi connectivity index (χ3n) is 3.86. The van der Waals surface area contributed by atoms with Crippen LogP contribution in [0.1, 0.15) is 54.2 Å². The Bertz CT molecular complexity index is 631. The van der Waals surface area contributed by atoms with Crippen LogP contribution in [0.25, 0.3) is 0 Å². The van der Waals surface area contributed by atoms with Crippen molar-refractivity contribution in [3.05, 3.63) is 35.5 Å². The third-order valence-corrected chi connectivity index (χ3v) is 3.86. The Kier molecular flexibility index (Phi) is 3.77. The van der Waals surface area contributed by atoms with E-state index in [4.69, 9.17) is 4.52 Å². The molecular weight excluding hydrogens is 268 g/mol. The molecular formula is C15H20N4O2. The first-order valence-electron chi connectivity index (χ1n) is 7.45. The van der Waals surface area contributed by atoms with E-state index in [1.54, 1.807) is 16.9 Å². The van der Waals surface area contributed by atoms with Crippen molar-refractivity contribution in [2.75, 3.05) is 6.54 Å². The molecule has 3 heterocycles. The van der Waals surface area contributed by atoms with Crippen molar-refractivity contribution in [2.45, 2.75) is 38.6 Å². The Morgan fingerprint density at radius 1 is 1.52 bits per heavy atom. The maximum absolute atomic E-state index is 12.6. The number of hydrogen-bond donors (Lipinski definition) is 0. The average Bonchev–Trinajstić information content (AvgIpc) is 3.17. The van der Waals surface area contributed by atoms with Crippen molar-refractivity contribution in [1.82, 2.24) is 19.8 Å². The molecule has 0 aromatic carbocycles. The number of nitrogens with zero attached hydrogens (tertiary/aromatic N) is 4. The van der Waals surface area contributed by atoms with E-state index in [2.05, 4.69) is 17.2 Å². The van der Waals surface area contributed by atoms with E-state index >= 15 is 0 Å². The highest BCUT2D eigenvalue weighted by atomic mass is 16.5. The summed E-state index contributed by atoms with van der Waals surface area (Å²) in [5, 5.41) is 8.35. The quantitative estimate of drug-likeness (QED) is 0.866. The third kappa shape index (κ3) is 2.70. The smallest absolute Gasteiger partial charge is 0.274 e. The second-order valence-electron chi connectivity index (χ2n) is 5.50. The van der Waals surface area contributed by atoms with Gasteiger partial charge in [0.2, 0.25) is 0 Å². The first kappa shape index (κ1) is 13.9. The van der Waals surface area contributed by atoms with Gasteiger partial charge in [-0.1, -0.05) is 12.1 Å². The molecule has 1 aliphatic heterocycles. The van der Waals surface area contributed by atoms with Crippen LogP contribution in [0.3, 0.4) is 0 Å². The zero-order valence-corrected chi connectivity index (χ0v) is 12.5. The molecule has 1 unspecified atom stereocenters. The van der Waals surface area contributed by atoms with Crippen LogP contribution < -0.4 is 0 Å².